The SMILES string of the molecule is CC(=Cc1csc(C)n1)C1CCN(c2ncc([N+](=O)[O-])c3oncc23)CCCC(C)C(O)C(C)C(=O)C(C)(C)C(O)CC(=O)O1. The van der Waals surface area contributed by atoms with Crippen LogP contribution in [-0.2, 0) is 14.3 Å². The van der Waals surface area contributed by atoms with E-state index in [2.05, 4.69) is 15.1 Å². The molecular weight excluding hydrogens is 602 g/mol. The number of carbonyl (C=O) groups excluding carboxylic acids is 2. The van der Waals surface area contributed by atoms with Crippen molar-refractivity contribution in [2.24, 2.45) is 17.3 Å². The zero-order chi connectivity index (χ0) is 33.1. The van der Waals surface area contributed by atoms with Crippen molar-refractivity contribution in [3.05, 3.63) is 44.2 Å². The van der Waals surface area contributed by atoms with Crippen molar-refractivity contribution in [2.45, 2.75) is 85.5 Å². The van der Waals surface area contributed by atoms with Crippen LogP contribution in [0.25, 0.3) is 17.0 Å². The number of aromatic nitrogens is 3. The van der Waals surface area contributed by atoms with Gasteiger partial charge < -0.3 is 24.4 Å². The van der Waals surface area contributed by atoms with Gasteiger partial charge in [0.1, 0.15) is 23.9 Å². The van der Waals surface area contributed by atoms with Gasteiger partial charge in [-0.15, -0.1) is 11.3 Å². The van der Waals surface area contributed by atoms with Gasteiger partial charge in [0.2, 0.25) is 5.58 Å². The maximum absolute atomic E-state index is 13.5. The number of pyridine rings is 1. The summed E-state index contributed by atoms with van der Waals surface area (Å²) in [5, 5.41) is 40.7. The lowest BCUT2D eigenvalue weighted by Gasteiger charge is -2.35. The van der Waals surface area contributed by atoms with E-state index in [9.17, 15) is 29.9 Å². The summed E-state index contributed by atoms with van der Waals surface area (Å²) in [6, 6.07) is 0. The van der Waals surface area contributed by atoms with Crippen LogP contribution in [0.15, 0.2) is 27.9 Å². The summed E-state index contributed by atoms with van der Waals surface area (Å²) in [6.07, 6.45) is 2.43. The molecule has 0 spiro atoms. The van der Waals surface area contributed by atoms with Crippen LogP contribution in [0, 0.1) is 34.3 Å². The third-order valence-electron chi connectivity index (χ3n) is 8.73. The maximum atomic E-state index is 13.5. The first-order valence-corrected chi connectivity index (χ1v) is 15.9. The van der Waals surface area contributed by atoms with Crippen LogP contribution in [0.1, 0.15) is 71.0 Å². The Balaban J connectivity index is 1.72. The minimum Gasteiger partial charge on any atom is -0.458 e. The number of nitrogens with zero attached hydrogens (tertiary/aromatic N) is 5. The minimum absolute atomic E-state index is 0.00262. The summed E-state index contributed by atoms with van der Waals surface area (Å²) in [6.45, 7) is 11.2. The number of anilines is 1. The number of fused-ring (bicyclic) bond motifs is 1. The number of aliphatic hydroxyl groups is 2. The number of hydrogen-bond acceptors (Lipinski definition) is 13. The second-order valence-corrected chi connectivity index (χ2v) is 13.5. The highest BCUT2D eigenvalue weighted by Crippen LogP contribution is 2.34. The van der Waals surface area contributed by atoms with Crippen molar-refractivity contribution >= 4 is 51.6 Å². The molecule has 0 aromatic carbocycles. The minimum atomic E-state index is -1.33. The van der Waals surface area contributed by atoms with Crippen LogP contribution in [0.4, 0.5) is 11.5 Å². The highest BCUT2D eigenvalue weighted by atomic mass is 32.1. The molecule has 13 nitrogen and oxygen atoms in total. The number of aryl methyl sites for hydroxylation is 1. The van der Waals surface area contributed by atoms with Crippen molar-refractivity contribution in [1.82, 2.24) is 15.1 Å². The Morgan fingerprint density at radius 2 is 1.93 bits per heavy atom. The second kappa shape index (κ2) is 14.1. The van der Waals surface area contributed by atoms with E-state index in [1.54, 1.807) is 20.8 Å². The van der Waals surface area contributed by atoms with Gasteiger partial charge in [0.25, 0.3) is 0 Å². The maximum Gasteiger partial charge on any atom is 0.333 e. The number of hydrogen-bond donors (Lipinski definition) is 2. The highest BCUT2D eigenvalue weighted by molar-refractivity contribution is 7.09. The molecule has 244 valence electrons. The zero-order valence-corrected chi connectivity index (χ0v) is 27.2. The predicted octanol–water partition coefficient (Wildman–Crippen LogP) is 4.88. The Morgan fingerprint density at radius 3 is 2.60 bits per heavy atom. The molecule has 1 saturated heterocycles. The molecule has 1 aliphatic rings. The zero-order valence-electron chi connectivity index (χ0n) is 26.4. The number of rotatable bonds is 4. The number of carbonyl (C=O) groups is 2. The smallest absolute Gasteiger partial charge is 0.333 e. The van der Waals surface area contributed by atoms with E-state index in [0.717, 1.165) is 22.5 Å². The van der Waals surface area contributed by atoms with E-state index in [1.807, 2.05) is 37.1 Å². The molecule has 4 heterocycles. The molecular formula is C31H41N5O8S. The molecule has 0 bridgehead atoms. The number of Topliss-reactive ketones (excluding diaryl/α,β-unsaturated/α-hetero) is 1. The fourth-order valence-electron chi connectivity index (χ4n) is 5.76. The monoisotopic (exact) mass is 643 g/mol. The molecule has 14 heteroatoms. The van der Waals surface area contributed by atoms with Gasteiger partial charge in [-0.1, -0.05) is 32.9 Å². The average Bonchev–Trinajstić information content (AvgIpc) is 3.64. The van der Waals surface area contributed by atoms with E-state index in [-0.39, 0.29) is 23.0 Å². The molecule has 2 N–H and O–H groups in total. The van der Waals surface area contributed by atoms with Crippen molar-refractivity contribution in [3.8, 4) is 0 Å². The molecule has 45 heavy (non-hydrogen) atoms. The molecule has 3 aromatic rings. The first kappa shape index (κ1) is 34.1. The third-order valence-corrected chi connectivity index (χ3v) is 9.52. The van der Waals surface area contributed by atoms with E-state index in [0.29, 0.717) is 43.6 Å². The highest BCUT2D eigenvalue weighted by Gasteiger charge is 2.42. The van der Waals surface area contributed by atoms with E-state index in [1.165, 1.54) is 17.5 Å². The largest absolute Gasteiger partial charge is 0.458 e. The van der Waals surface area contributed by atoms with Gasteiger partial charge in [-0.25, -0.2) is 9.97 Å². The van der Waals surface area contributed by atoms with E-state index < -0.39 is 47.0 Å². The van der Waals surface area contributed by atoms with Gasteiger partial charge in [0.05, 0.1) is 51.3 Å². The molecule has 1 aliphatic heterocycles. The predicted molar refractivity (Wildman–Crippen MR) is 169 cm³/mol. The molecule has 0 radical (unpaired) electrons. The van der Waals surface area contributed by atoms with Crippen LogP contribution in [0.5, 0.6) is 0 Å². The van der Waals surface area contributed by atoms with Crippen LogP contribution < -0.4 is 4.90 Å². The van der Waals surface area contributed by atoms with E-state index >= 15 is 0 Å². The summed E-state index contributed by atoms with van der Waals surface area (Å²) in [5.74, 6) is -1.62. The molecule has 0 amide bonds. The Kier molecular flexibility index (Phi) is 10.7. The van der Waals surface area contributed by atoms with E-state index in [4.69, 9.17) is 9.26 Å². The molecule has 3 aromatic heterocycles. The average molecular weight is 644 g/mol. The van der Waals surface area contributed by atoms with Crippen LogP contribution in [-0.4, -0.2) is 73.4 Å². The van der Waals surface area contributed by atoms with Gasteiger partial charge in [0, 0.05) is 30.8 Å². The molecule has 0 saturated carbocycles. The topological polar surface area (TPSA) is 182 Å². The molecule has 5 unspecified atom stereocenters. The summed E-state index contributed by atoms with van der Waals surface area (Å²) in [5.41, 5.74) is -0.135. The second-order valence-electron chi connectivity index (χ2n) is 12.4. The number of ether oxygens (including phenoxy) is 1. The molecule has 0 aliphatic carbocycles. The van der Waals surface area contributed by atoms with Gasteiger partial charge >= 0.3 is 11.7 Å². The summed E-state index contributed by atoms with van der Waals surface area (Å²) >= 11 is 1.50. The van der Waals surface area contributed by atoms with Gasteiger partial charge in [-0.3, -0.25) is 19.7 Å². The molecule has 5 atom stereocenters. The summed E-state index contributed by atoms with van der Waals surface area (Å²) in [4.78, 5) is 48.6. The Morgan fingerprint density at radius 1 is 1.20 bits per heavy atom. The number of nitro groups is 1. The van der Waals surface area contributed by atoms with Crippen LogP contribution >= 0.6 is 11.3 Å². The fourth-order valence-corrected chi connectivity index (χ4v) is 6.33. The van der Waals surface area contributed by atoms with Crippen molar-refractivity contribution in [1.29, 1.82) is 0 Å². The lowest BCUT2D eigenvalue weighted by molar-refractivity contribution is -0.384. The number of cyclic esters (lactones) is 1. The summed E-state index contributed by atoms with van der Waals surface area (Å²) < 4.78 is 11.2. The number of thiazole rings is 1. The van der Waals surface area contributed by atoms with Crippen molar-refractivity contribution in [3.63, 3.8) is 0 Å². The molecule has 4 rings (SSSR count). The fraction of sp³-hybridized carbons (Fsp3) is 0.581. The molecule has 1 fully saturated rings. The first-order chi connectivity index (χ1) is 21.2. The first-order valence-electron chi connectivity index (χ1n) is 15.0. The van der Waals surface area contributed by atoms with Crippen molar-refractivity contribution < 1.29 is 34.0 Å². The quantitative estimate of drug-likeness (QED) is 0.224. The Labute approximate surface area is 265 Å². The third kappa shape index (κ3) is 7.74. The van der Waals surface area contributed by atoms with Crippen molar-refractivity contribution in [2.75, 3.05) is 18.0 Å². The number of ketones is 1. The van der Waals surface area contributed by atoms with Gasteiger partial charge in [0.15, 0.2) is 0 Å². The van der Waals surface area contributed by atoms with Gasteiger partial charge in [-0.2, -0.15) is 0 Å². The lowest BCUT2D eigenvalue weighted by atomic mass is 9.73. The Hall–Kier alpha value is -3.75. The Bertz CT molecular complexity index is 1570. The number of aliphatic hydroxyl groups excluding tert-OH is 2. The van der Waals surface area contributed by atoms with Gasteiger partial charge in [-0.05, 0) is 44.3 Å². The normalized spacial score (nSPS) is 26.2. The van der Waals surface area contributed by atoms with Crippen LogP contribution in [0.2, 0.25) is 0 Å². The standard InChI is InChI=1S/C31H41N5O8S/c1-17-8-7-10-35(30-22-14-33-44-28(22)23(15-32-30)36(41)42)11-9-24(18(2)12-21-16-45-20(4)34-21)43-26(38)13-25(37)31(5,6)29(40)19(3)27(17)39/h12,14-17,19,24-25,27,37,39H,7-11,13H2,1-6H3. The lowest BCUT2D eigenvalue weighted by Crippen LogP contribution is -2.46. The summed E-state index contributed by atoms with van der Waals surface area (Å²) in [7, 11) is 0. The number of esters is 1. The van der Waals surface area contributed by atoms with Crippen LogP contribution in [0.3, 0.4) is 0 Å².